The maximum absolute atomic E-state index is 12.8. The molecule has 0 atom stereocenters. The number of pyridine rings is 1. The van der Waals surface area contributed by atoms with Crippen LogP contribution in [0.3, 0.4) is 0 Å². The van der Waals surface area contributed by atoms with Gasteiger partial charge in [-0.2, -0.15) is 0 Å². The van der Waals surface area contributed by atoms with Gasteiger partial charge in [0.15, 0.2) is 0 Å². The molecule has 6 nitrogen and oxygen atoms in total. The fraction of sp³-hybridized carbons (Fsp3) is 0.148. The highest BCUT2D eigenvalue weighted by Crippen LogP contribution is 2.27. The van der Waals surface area contributed by atoms with Gasteiger partial charge in [-0.05, 0) is 35.9 Å². The Hall–Kier alpha value is -4.19. The SMILES string of the molecule is CN(Cc1ccccc1)C(=O)c1ccc(-c2cc(-c3cc4c([nH]3)CCNC4=O)ccn2)cc1. The number of fused-ring (bicyclic) bond motifs is 1. The highest BCUT2D eigenvalue weighted by atomic mass is 16.2. The average Bonchev–Trinajstić information content (AvgIpc) is 3.30. The quantitative estimate of drug-likeness (QED) is 0.490. The Labute approximate surface area is 192 Å². The molecule has 2 N–H and O–H groups in total. The molecule has 0 saturated heterocycles. The van der Waals surface area contributed by atoms with Crippen molar-refractivity contribution in [1.29, 1.82) is 0 Å². The normalized spacial score (nSPS) is 12.7. The number of aromatic nitrogens is 2. The summed E-state index contributed by atoms with van der Waals surface area (Å²) in [5.74, 6) is -0.0622. The number of carbonyl (C=O) groups is 2. The van der Waals surface area contributed by atoms with E-state index in [4.69, 9.17) is 0 Å². The zero-order valence-corrected chi connectivity index (χ0v) is 18.3. The minimum atomic E-state index is -0.0366. The van der Waals surface area contributed by atoms with E-state index >= 15 is 0 Å². The van der Waals surface area contributed by atoms with Crippen molar-refractivity contribution in [1.82, 2.24) is 20.2 Å². The second-order valence-electron chi connectivity index (χ2n) is 8.24. The van der Waals surface area contributed by atoms with E-state index in [2.05, 4.69) is 15.3 Å². The molecule has 0 unspecified atom stereocenters. The van der Waals surface area contributed by atoms with E-state index in [1.807, 2.05) is 79.8 Å². The Kier molecular flexibility index (Phi) is 5.48. The monoisotopic (exact) mass is 436 g/mol. The van der Waals surface area contributed by atoms with Crippen LogP contribution in [0, 0.1) is 0 Å². The first-order valence-corrected chi connectivity index (χ1v) is 10.9. The van der Waals surface area contributed by atoms with Gasteiger partial charge in [-0.25, -0.2) is 0 Å². The maximum Gasteiger partial charge on any atom is 0.253 e. The van der Waals surface area contributed by atoms with E-state index in [9.17, 15) is 9.59 Å². The van der Waals surface area contributed by atoms with Crippen molar-refractivity contribution >= 4 is 11.8 Å². The first kappa shape index (κ1) is 20.7. The van der Waals surface area contributed by atoms with Gasteiger partial charge in [0.25, 0.3) is 11.8 Å². The fourth-order valence-corrected chi connectivity index (χ4v) is 4.14. The van der Waals surface area contributed by atoms with Crippen molar-refractivity contribution in [3.63, 3.8) is 0 Å². The third kappa shape index (κ3) is 4.28. The summed E-state index contributed by atoms with van der Waals surface area (Å²) in [6.07, 6.45) is 2.56. The highest BCUT2D eigenvalue weighted by Gasteiger charge is 2.20. The number of hydrogen-bond donors (Lipinski definition) is 2. The van der Waals surface area contributed by atoms with Crippen LogP contribution in [0.5, 0.6) is 0 Å². The van der Waals surface area contributed by atoms with E-state index in [-0.39, 0.29) is 11.8 Å². The number of nitrogens with one attached hydrogen (secondary N) is 2. The molecule has 4 aromatic rings. The van der Waals surface area contributed by atoms with Crippen molar-refractivity contribution in [2.24, 2.45) is 0 Å². The number of aromatic amines is 1. The second-order valence-corrected chi connectivity index (χ2v) is 8.24. The van der Waals surface area contributed by atoms with Crippen LogP contribution in [0.15, 0.2) is 79.0 Å². The Morgan fingerprint density at radius 2 is 1.79 bits per heavy atom. The van der Waals surface area contributed by atoms with Crippen LogP contribution in [-0.2, 0) is 13.0 Å². The van der Waals surface area contributed by atoms with E-state index in [0.29, 0.717) is 24.2 Å². The Bertz CT molecular complexity index is 1310. The molecule has 0 radical (unpaired) electrons. The zero-order valence-electron chi connectivity index (χ0n) is 18.3. The molecule has 3 heterocycles. The number of amides is 2. The first-order chi connectivity index (χ1) is 16.1. The molecule has 2 aromatic carbocycles. The molecule has 5 rings (SSSR count). The fourth-order valence-electron chi connectivity index (χ4n) is 4.14. The van der Waals surface area contributed by atoms with Gasteiger partial charge in [0, 0.05) is 60.8 Å². The third-order valence-corrected chi connectivity index (χ3v) is 5.91. The largest absolute Gasteiger partial charge is 0.358 e. The van der Waals surface area contributed by atoms with Gasteiger partial charge in [0.05, 0.1) is 11.3 Å². The molecule has 0 saturated carbocycles. The number of hydrogen-bond acceptors (Lipinski definition) is 3. The summed E-state index contributed by atoms with van der Waals surface area (Å²) in [6.45, 7) is 1.21. The summed E-state index contributed by atoms with van der Waals surface area (Å²) >= 11 is 0. The maximum atomic E-state index is 12.8. The lowest BCUT2D eigenvalue weighted by atomic mass is 10.0. The topological polar surface area (TPSA) is 78.1 Å². The van der Waals surface area contributed by atoms with Gasteiger partial charge in [-0.1, -0.05) is 42.5 Å². The van der Waals surface area contributed by atoms with Gasteiger partial charge < -0.3 is 15.2 Å². The average molecular weight is 437 g/mol. The number of rotatable bonds is 5. The molecular formula is C27H24N4O2. The summed E-state index contributed by atoms with van der Waals surface area (Å²) in [7, 11) is 1.81. The van der Waals surface area contributed by atoms with E-state index in [1.165, 1.54) is 0 Å². The highest BCUT2D eigenvalue weighted by molar-refractivity contribution is 5.98. The second kappa shape index (κ2) is 8.74. The summed E-state index contributed by atoms with van der Waals surface area (Å²) in [5, 5.41) is 2.87. The van der Waals surface area contributed by atoms with Gasteiger partial charge >= 0.3 is 0 Å². The molecule has 33 heavy (non-hydrogen) atoms. The van der Waals surface area contributed by atoms with Gasteiger partial charge in [0.2, 0.25) is 0 Å². The van der Waals surface area contributed by atoms with Crippen molar-refractivity contribution in [3.05, 3.63) is 101 Å². The smallest absolute Gasteiger partial charge is 0.253 e. The van der Waals surface area contributed by atoms with Crippen molar-refractivity contribution < 1.29 is 9.59 Å². The Balaban J connectivity index is 1.34. The van der Waals surface area contributed by atoms with Crippen LogP contribution < -0.4 is 5.32 Å². The first-order valence-electron chi connectivity index (χ1n) is 10.9. The molecule has 2 aromatic heterocycles. The molecule has 0 fully saturated rings. The molecule has 0 bridgehead atoms. The number of carbonyl (C=O) groups excluding carboxylic acids is 2. The van der Waals surface area contributed by atoms with Crippen molar-refractivity contribution in [2.75, 3.05) is 13.6 Å². The van der Waals surface area contributed by atoms with E-state index < -0.39 is 0 Å². The summed E-state index contributed by atoms with van der Waals surface area (Å²) in [6, 6.07) is 23.3. The van der Waals surface area contributed by atoms with Gasteiger partial charge in [-0.15, -0.1) is 0 Å². The lowest BCUT2D eigenvalue weighted by molar-refractivity contribution is 0.0785. The molecule has 164 valence electrons. The molecule has 1 aliphatic rings. The molecule has 0 aliphatic carbocycles. The minimum Gasteiger partial charge on any atom is -0.358 e. The van der Waals surface area contributed by atoms with Crippen LogP contribution in [0.4, 0.5) is 0 Å². The van der Waals surface area contributed by atoms with Crippen molar-refractivity contribution in [2.45, 2.75) is 13.0 Å². The molecule has 6 heteroatoms. The number of H-pyrrole nitrogens is 1. The van der Waals surface area contributed by atoms with Gasteiger partial charge in [0.1, 0.15) is 0 Å². The molecular weight excluding hydrogens is 412 g/mol. The lowest BCUT2D eigenvalue weighted by Crippen LogP contribution is -2.31. The number of nitrogens with zero attached hydrogens (tertiary/aromatic N) is 2. The third-order valence-electron chi connectivity index (χ3n) is 5.91. The summed E-state index contributed by atoms with van der Waals surface area (Å²) in [5.41, 5.74) is 6.99. The summed E-state index contributed by atoms with van der Waals surface area (Å²) < 4.78 is 0. The van der Waals surface area contributed by atoms with Crippen LogP contribution >= 0.6 is 0 Å². The van der Waals surface area contributed by atoms with Crippen LogP contribution in [0.25, 0.3) is 22.5 Å². The lowest BCUT2D eigenvalue weighted by Gasteiger charge is -2.17. The van der Waals surface area contributed by atoms with Crippen LogP contribution in [0.1, 0.15) is 32.0 Å². The molecule has 1 aliphatic heterocycles. The molecule has 0 spiro atoms. The van der Waals surface area contributed by atoms with Gasteiger partial charge in [-0.3, -0.25) is 14.6 Å². The predicted octanol–water partition coefficient (Wildman–Crippen LogP) is 4.30. The minimum absolute atomic E-state index is 0.0256. The number of benzene rings is 2. The van der Waals surface area contributed by atoms with E-state index in [1.54, 1.807) is 11.1 Å². The van der Waals surface area contributed by atoms with Crippen molar-refractivity contribution in [3.8, 4) is 22.5 Å². The predicted molar refractivity (Wildman–Crippen MR) is 128 cm³/mol. The van der Waals surface area contributed by atoms with E-state index in [0.717, 1.165) is 40.2 Å². The Morgan fingerprint density at radius 3 is 2.55 bits per heavy atom. The molecule has 2 amide bonds. The zero-order chi connectivity index (χ0) is 22.8. The van der Waals surface area contributed by atoms with Crippen LogP contribution in [-0.4, -0.2) is 40.3 Å². The Morgan fingerprint density at radius 1 is 1.00 bits per heavy atom. The standard InChI is InChI=1S/C27H24N4O2/c1-31(17-18-5-3-2-4-6-18)27(33)20-9-7-19(8-10-20)24-15-21(11-13-28-24)25-16-22-23(30-25)12-14-29-26(22)32/h2-11,13,15-16,30H,12,14,17H2,1H3,(H,29,32). The van der Waals surface area contributed by atoms with Crippen LogP contribution in [0.2, 0.25) is 0 Å². The summed E-state index contributed by atoms with van der Waals surface area (Å²) in [4.78, 5) is 34.5.